The Hall–Kier alpha value is -3.91. The molecule has 0 aliphatic rings. The van der Waals surface area contributed by atoms with Gasteiger partial charge in [-0.2, -0.15) is 0 Å². The second-order valence-corrected chi connectivity index (χ2v) is 6.68. The molecular weight excluding hydrogens is 400 g/mol. The normalized spacial score (nSPS) is 11.4. The largest absolute Gasteiger partial charge is 0.488 e. The van der Waals surface area contributed by atoms with E-state index in [1.165, 1.54) is 18.3 Å². The summed E-state index contributed by atoms with van der Waals surface area (Å²) in [7, 11) is 1.58. The summed E-state index contributed by atoms with van der Waals surface area (Å²) in [4.78, 5) is 27.7. The van der Waals surface area contributed by atoms with Crippen LogP contribution in [0.15, 0.2) is 66.9 Å². The number of methoxy groups -OCH3 is 1. The third-order valence-corrected chi connectivity index (χ3v) is 4.11. The van der Waals surface area contributed by atoms with Gasteiger partial charge < -0.3 is 24.6 Å². The van der Waals surface area contributed by atoms with Crippen molar-refractivity contribution < 1.29 is 28.9 Å². The van der Waals surface area contributed by atoms with E-state index in [-0.39, 0.29) is 23.0 Å². The highest BCUT2D eigenvalue weighted by atomic mass is 16.5. The van der Waals surface area contributed by atoms with Crippen molar-refractivity contribution in [3.05, 3.63) is 78.0 Å². The number of rotatable bonds is 9. The molecule has 3 aromatic rings. The van der Waals surface area contributed by atoms with Gasteiger partial charge in [0.25, 0.3) is 5.91 Å². The highest BCUT2D eigenvalue weighted by molar-refractivity contribution is 6.04. The van der Waals surface area contributed by atoms with Crippen LogP contribution in [0.4, 0.5) is 5.82 Å². The number of carboxylic acid groups (broad SMARTS) is 1. The van der Waals surface area contributed by atoms with Crippen molar-refractivity contribution in [2.75, 3.05) is 19.0 Å². The van der Waals surface area contributed by atoms with Crippen LogP contribution in [-0.2, 0) is 4.74 Å². The van der Waals surface area contributed by atoms with Gasteiger partial charge in [-0.15, -0.1) is 0 Å². The van der Waals surface area contributed by atoms with E-state index < -0.39 is 11.9 Å². The second-order valence-electron chi connectivity index (χ2n) is 6.68. The van der Waals surface area contributed by atoms with Crippen molar-refractivity contribution in [1.82, 2.24) is 4.98 Å². The number of hydrogen-bond donors (Lipinski definition) is 2. The summed E-state index contributed by atoms with van der Waals surface area (Å²) in [5, 5.41) is 11.6. The van der Waals surface area contributed by atoms with Crippen LogP contribution >= 0.6 is 0 Å². The topological polar surface area (TPSA) is 107 Å². The molecular formula is C23H22N2O6. The monoisotopic (exact) mass is 422 g/mol. The molecule has 0 radical (unpaired) electrons. The van der Waals surface area contributed by atoms with Crippen molar-refractivity contribution in [2.24, 2.45) is 0 Å². The van der Waals surface area contributed by atoms with Crippen LogP contribution in [0.1, 0.15) is 27.6 Å². The molecule has 0 aliphatic carbocycles. The summed E-state index contributed by atoms with van der Waals surface area (Å²) in [6, 6.07) is 16.8. The summed E-state index contributed by atoms with van der Waals surface area (Å²) in [6.07, 6.45) is 0.937. The van der Waals surface area contributed by atoms with E-state index in [0.29, 0.717) is 23.9 Å². The predicted octanol–water partition coefficient (Wildman–Crippen LogP) is 4.24. The first-order valence-corrected chi connectivity index (χ1v) is 9.49. The van der Waals surface area contributed by atoms with E-state index in [0.717, 1.165) is 0 Å². The van der Waals surface area contributed by atoms with Gasteiger partial charge in [-0.1, -0.05) is 18.2 Å². The molecule has 0 spiro atoms. The first kappa shape index (κ1) is 21.8. The van der Waals surface area contributed by atoms with Gasteiger partial charge in [0, 0.05) is 24.9 Å². The maximum Gasteiger partial charge on any atom is 0.337 e. The Morgan fingerprint density at radius 3 is 2.39 bits per heavy atom. The third-order valence-electron chi connectivity index (χ3n) is 4.11. The SMILES string of the molecule is COCC(C)Oc1cc(Oc2ccccc2)cc(C(=O)Nc2ccc(C(=O)O)cn2)c1. The van der Waals surface area contributed by atoms with Gasteiger partial charge in [0.2, 0.25) is 0 Å². The fourth-order valence-corrected chi connectivity index (χ4v) is 2.74. The summed E-state index contributed by atoms with van der Waals surface area (Å²) < 4.78 is 16.8. The number of pyridine rings is 1. The molecule has 0 saturated carbocycles. The Kier molecular flexibility index (Phi) is 7.18. The average molecular weight is 422 g/mol. The molecule has 31 heavy (non-hydrogen) atoms. The van der Waals surface area contributed by atoms with Gasteiger partial charge in [0.15, 0.2) is 0 Å². The molecule has 1 amide bonds. The first-order valence-electron chi connectivity index (χ1n) is 9.49. The lowest BCUT2D eigenvalue weighted by Gasteiger charge is -2.16. The molecule has 8 nitrogen and oxygen atoms in total. The van der Waals surface area contributed by atoms with Crippen LogP contribution in [0.2, 0.25) is 0 Å². The number of nitrogens with one attached hydrogen (secondary N) is 1. The van der Waals surface area contributed by atoms with Crippen molar-refractivity contribution in [3.63, 3.8) is 0 Å². The number of carbonyl (C=O) groups is 2. The Balaban J connectivity index is 1.84. The van der Waals surface area contributed by atoms with Gasteiger partial charge >= 0.3 is 5.97 Å². The number of carboxylic acids is 1. The summed E-state index contributed by atoms with van der Waals surface area (Å²) in [5.41, 5.74) is 0.316. The minimum Gasteiger partial charge on any atom is -0.488 e. The zero-order valence-corrected chi connectivity index (χ0v) is 17.1. The maximum absolute atomic E-state index is 12.8. The molecule has 1 aromatic heterocycles. The number of aromatic carboxylic acids is 1. The third kappa shape index (κ3) is 6.28. The van der Waals surface area contributed by atoms with Crippen molar-refractivity contribution in [1.29, 1.82) is 0 Å². The number of amides is 1. The molecule has 0 saturated heterocycles. The molecule has 1 atom stereocenters. The second kappa shape index (κ2) is 10.2. The van der Waals surface area contributed by atoms with E-state index in [2.05, 4.69) is 10.3 Å². The Labute approximate surface area is 179 Å². The molecule has 2 aromatic carbocycles. The van der Waals surface area contributed by atoms with Crippen LogP contribution in [0, 0.1) is 0 Å². The Bertz CT molecular complexity index is 1040. The van der Waals surface area contributed by atoms with Gasteiger partial charge in [-0.05, 0) is 43.3 Å². The van der Waals surface area contributed by atoms with Crippen molar-refractivity contribution >= 4 is 17.7 Å². The predicted molar refractivity (Wildman–Crippen MR) is 114 cm³/mol. The van der Waals surface area contributed by atoms with Gasteiger partial charge in [0.1, 0.15) is 29.2 Å². The van der Waals surface area contributed by atoms with Gasteiger partial charge in [-0.25, -0.2) is 9.78 Å². The molecule has 8 heteroatoms. The Morgan fingerprint density at radius 1 is 1.00 bits per heavy atom. The van der Waals surface area contributed by atoms with Crippen LogP contribution < -0.4 is 14.8 Å². The summed E-state index contributed by atoms with van der Waals surface area (Å²) >= 11 is 0. The number of ether oxygens (including phenoxy) is 3. The Morgan fingerprint density at radius 2 is 1.74 bits per heavy atom. The number of benzene rings is 2. The zero-order valence-electron chi connectivity index (χ0n) is 17.1. The van der Waals surface area contributed by atoms with Crippen LogP contribution in [-0.4, -0.2) is 41.8 Å². The maximum atomic E-state index is 12.8. The fraction of sp³-hybridized carbons (Fsp3) is 0.174. The lowest BCUT2D eigenvalue weighted by atomic mass is 10.1. The van der Waals surface area contributed by atoms with E-state index in [1.54, 1.807) is 37.4 Å². The van der Waals surface area contributed by atoms with Crippen LogP contribution in [0.5, 0.6) is 17.2 Å². The van der Waals surface area contributed by atoms with Gasteiger partial charge in [0.05, 0.1) is 12.2 Å². The molecule has 0 fully saturated rings. The van der Waals surface area contributed by atoms with Crippen LogP contribution in [0.3, 0.4) is 0 Å². The molecule has 0 bridgehead atoms. The number of hydrogen-bond acceptors (Lipinski definition) is 6. The number of nitrogens with zero attached hydrogens (tertiary/aromatic N) is 1. The molecule has 1 heterocycles. The van der Waals surface area contributed by atoms with Gasteiger partial charge in [-0.3, -0.25) is 4.79 Å². The highest BCUT2D eigenvalue weighted by Gasteiger charge is 2.14. The standard InChI is InChI=1S/C23H22N2O6/c1-15(14-29-2)30-19-10-17(11-20(12-19)31-18-6-4-3-5-7-18)22(26)25-21-9-8-16(13-24-21)23(27)28/h3-13,15H,14H2,1-2H3,(H,27,28)(H,24,25,26). The molecule has 2 N–H and O–H groups in total. The van der Waals surface area contributed by atoms with Crippen molar-refractivity contribution in [3.8, 4) is 17.2 Å². The molecule has 3 rings (SSSR count). The van der Waals surface area contributed by atoms with E-state index in [9.17, 15) is 9.59 Å². The number of aromatic nitrogens is 1. The lowest BCUT2D eigenvalue weighted by Crippen LogP contribution is -2.19. The number of anilines is 1. The minimum absolute atomic E-state index is 0.0269. The minimum atomic E-state index is -1.09. The molecule has 0 aliphatic heterocycles. The van der Waals surface area contributed by atoms with Crippen LogP contribution in [0.25, 0.3) is 0 Å². The van der Waals surface area contributed by atoms with Crippen molar-refractivity contribution in [2.45, 2.75) is 13.0 Å². The van der Waals surface area contributed by atoms with E-state index in [1.807, 2.05) is 25.1 Å². The zero-order chi connectivity index (χ0) is 22.2. The average Bonchev–Trinajstić information content (AvgIpc) is 2.75. The summed E-state index contributed by atoms with van der Waals surface area (Å²) in [5.74, 6) is 0.160. The fourth-order valence-electron chi connectivity index (χ4n) is 2.74. The van der Waals surface area contributed by atoms with E-state index in [4.69, 9.17) is 19.3 Å². The lowest BCUT2D eigenvalue weighted by molar-refractivity contribution is 0.0696. The summed E-state index contributed by atoms with van der Waals surface area (Å²) in [6.45, 7) is 2.23. The quantitative estimate of drug-likeness (QED) is 0.531. The molecule has 160 valence electrons. The number of carbonyl (C=O) groups excluding carboxylic acids is 1. The first-order chi connectivity index (χ1) is 14.9. The molecule has 1 unspecified atom stereocenters. The smallest absolute Gasteiger partial charge is 0.337 e. The highest BCUT2D eigenvalue weighted by Crippen LogP contribution is 2.28. The van der Waals surface area contributed by atoms with E-state index >= 15 is 0 Å². The number of para-hydroxylation sites is 1.